The third-order valence-electron chi connectivity index (χ3n) is 2.95. The molecule has 0 spiro atoms. The third-order valence-corrected chi connectivity index (χ3v) is 3.86. The minimum absolute atomic E-state index is 0.00519. The maximum atomic E-state index is 12.3. The number of nitrogens with zero attached hydrogens (tertiary/aromatic N) is 3. The van der Waals surface area contributed by atoms with Crippen LogP contribution >= 0.6 is 11.3 Å². The fourth-order valence-corrected chi connectivity index (χ4v) is 2.68. The minimum Gasteiger partial charge on any atom is -0.360 e. The van der Waals surface area contributed by atoms with Crippen molar-refractivity contribution in [3.63, 3.8) is 0 Å². The van der Waals surface area contributed by atoms with Crippen LogP contribution in [0.15, 0.2) is 23.1 Å². The van der Waals surface area contributed by atoms with Crippen LogP contribution in [0.3, 0.4) is 0 Å². The molecule has 0 bridgehead atoms. The molecule has 0 atom stereocenters. The Bertz CT molecular complexity index is 605. The lowest BCUT2D eigenvalue weighted by molar-refractivity contribution is 0.655. The summed E-state index contributed by atoms with van der Waals surface area (Å²) in [6.45, 7) is 5.82. The fraction of sp³-hybridized carbons (Fsp3) is 0.500. The number of aromatic nitrogens is 3. The first-order chi connectivity index (χ1) is 9.76. The van der Waals surface area contributed by atoms with E-state index >= 15 is 0 Å². The van der Waals surface area contributed by atoms with Crippen molar-refractivity contribution in [1.82, 2.24) is 14.8 Å². The van der Waals surface area contributed by atoms with Gasteiger partial charge in [0.25, 0.3) is 5.56 Å². The zero-order valence-corrected chi connectivity index (χ0v) is 12.7. The summed E-state index contributed by atoms with van der Waals surface area (Å²) in [5.41, 5.74) is 0.632. The van der Waals surface area contributed by atoms with Crippen LogP contribution in [0.5, 0.6) is 0 Å². The number of hydrogen-bond donors (Lipinski definition) is 1. The number of anilines is 1. The van der Waals surface area contributed by atoms with Crippen molar-refractivity contribution >= 4 is 16.5 Å². The maximum Gasteiger partial charge on any atom is 0.260 e. The SMILES string of the molecule is CCCCNc1nnc(-c2cccn(CCC)c2=O)s1. The second-order valence-corrected chi connectivity index (χ2v) is 5.59. The second kappa shape index (κ2) is 7.19. The molecule has 2 heterocycles. The molecule has 108 valence electrons. The van der Waals surface area contributed by atoms with Crippen molar-refractivity contribution in [3.8, 4) is 10.6 Å². The van der Waals surface area contributed by atoms with Gasteiger partial charge in [-0.2, -0.15) is 0 Å². The van der Waals surface area contributed by atoms with Gasteiger partial charge in [-0.05, 0) is 25.0 Å². The number of nitrogens with one attached hydrogen (secondary N) is 1. The first-order valence-electron chi connectivity index (χ1n) is 7.03. The average molecular weight is 292 g/mol. The molecule has 2 aromatic heterocycles. The summed E-state index contributed by atoms with van der Waals surface area (Å²) < 4.78 is 1.72. The molecule has 0 saturated heterocycles. The monoisotopic (exact) mass is 292 g/mol. The molecule has 0 aliphatic heterocycles. The van der Waals surface area contributed by atoms with Crippen LogP contribution in [0, 0.1) is 0 Å². The number of hydrogen-bond acceptors (Lipinski definition) is 5. The quantitative estimate of drug-likeness (QED) is 0.797. The minimum atomic E-state index is 0.00519. The standard InChI is InChI=1S/C14H20N4OS/c1-3-5-8-15-14-17-16-12(20-14)11-7-6-10-18(9-4-2)13(11)19/h6-7,10H,3-5,8-9H2,1-2H3,(H,15,17). The van der Waals surface area contributed by atoms with E-state index in [9.17, 15) is 4.79 Å². The highest BCUT2D eigenvalue weighted by Crippen LogP contribution is 2.23. The van der Waals surface area contributed by atoms with Crippen molar-refractivity contribution in [1.29, 1.82) is 0 Å². The summed E-state index contributed by atoms with van der Waals surface area (Å²) in [6.07, 6.45) is 4.99. The predicted molar refractivity (Wildman–Crippen MR) is 83.3 cm³/mol. The average Bonchev–Trinajstić information content (AvgIpc) is 2.90. The van der Waals surface area contributed by atoms with Gasteiger partial charge < -0.3 is 9.88 Å². The van der Waals surface area contributed by atoms with E-state index in [2.05, 4.69) is 29.4 Å². The van der Waals surface area contributed by atoms with Gasteiger partial charge in [-0.3, -0.25) is 4.79 Å². The molecule has 0 aromatic carbocycles. The molecule has 0 radical (unpaired) electrons. The molecule has 20 heavy (non-hydrogen) atoms. The number of aryl methyl sites for hydroxylation is 1. The Labute approximate surface area is 122 Å². The van der Waals surface area contributed by atoms with Crippen LogP contribution in [0.4, 0.5) is 5.13 Å². The van der Waals surface area contributed by atoms with Crippen molar-refractivity contribution < 1.29 is 0 Å². The third kappa shape index (κ3) is 3.45. The molecule has 2 rings (SSSR count). The van der Waals surface area contributed by atoms with Gasteiger partial charge >= 0.3 is 0 Å². The Balaban J connectivity index is 2.19. The van der Waals surface area contributed by atoms with E-state index in [1.807, 2.05) is 18.3 Å². The van der Waals surface area contributed by atoms with E-state index < -0.39 is 0 Å². The highest BCUT2D eigenvalue weighted by atomic mass is 32.1. The topological polar surface area (TPSA) is 59.8 Å². The van der Waals surface area contributed by atoms with Crippen LogP contribution in [-0.4, -0.2) is 21.3 Å². The van der Waals surface area contributed by atoms with Crippen LogP contribution < -0.4 is 10.9 Å². The zero-order chi connectivity index (χ0) is 14.4. The molecule has 2 aromatic rings. The first kappa shape index (κ1) is 14.7. The Morgan fingerprint density at radius 3 is 2.90 bits per heavy atom. The van der Waals surface area contributed by atoms with Gasteiger partial charge in [-0.1, -0.05) is 31.6 Å². The zero-order valence-electron chi connectivity index (χ0n) is 11.9. The van der Waals surface area contributed by atoms with Gasteiger partial charge in [0.05, 0.1) is 5.56 Å². The van der Waals surface area contributed by atoms with E-state index in [0.29, 0.717) is 10.6 Å². The van der Waals surface area contributed by atoms with Gasteiger partial charge in [0.1, 0.15) is 0 Å². The highest BCUT2D eigenvalue weighted by Gasteiger charge is 2.11. The smallest absolute Gasteiger partial charge is 0.260 e. The molecule has 0 unspecified atom stereocenters. The molecule has 0 fully saturated rings. The molecule has 1 N–H and O–H groups in total. The van der Waals surface area contributed by atoms with Gasteiger partial charge in [-0.25, -0.2) is 0 Å². The first-order valence-corrected chi connectivity index (χ1v) is 7.85. The van der Waals surface area contributed by atoms with Crippen molar-refractivity contribution in [3.05, 3.63) is 28.7 Å². The Hall–Kier alpha value is -1.69. The molecule has 5 nitrogen and oxygen atoms in total. The lowest BCUT2D eigenvalue weighted by Crippen LogP contribution is -2.20. The highest BCUT2D eigenvalue weighted by molar-refractivity contribution is 7.18. The number of rotatable bonds is 7. The number of unbranched alkanes of at least 4 members (excludes halogenated alkanes) is 1. The lowest BCUT2D eigenvalue weighted by Gasteiger charge is -2.04. The fourth-order valence-electron chi connectivity index (χ4n) is 1.89. The van der Waals surface area contributed by atoms with Gasteiger partial charge in [-0.15, -0.1) is 10.2 Å². The normalized spacial score (nSPS) is 10.7. The van der Waals surface area contributed by atoms with Crippen molar-refractivity contribution in [2.45, 2.75) is 39.7 Å². The van der Waals surface area contributed by atoms with Gasteiger partial charge in [0, 0.05) is 19.3 Å². The van der Waals surface area contributed by atoms with E-state index in [1.165, 1.54) is 11.3 Å². The summed E-state index contributed by atoms with van der Waals surface area (Å²) in [5.74, 6) is 0. The van der Waals surface area contributed by atoms with Crippen LogP contribution in [0.1, 0.15) is 33.1 Å². The van der Waals surface area contributed by atoms with Crippen LogP contribution in [0.2, 0.25) is 0 Å². The van der Waals surface area contributed by atoms with E-state index in [-0.39, 0.29) is 5.56 Å². The van der Waals surface area contributed by atoms with E-state index in [4.69, 9.17) is 0 Å². The Morgan fingerprint density at radius 2 is 2.15 bits per heavy atom. The molecule has 0 saturated carbocycles. The van der Waals surface area contributed by atoms with E-state index in [1.54, 1.807) is 4.57 Å². The molecule has 6 heteroatoms. The molecular formula is C14H20N4OS. The second-order valence-electron chi connectivity index (χ2n) is 4.61. The van der Waals surface area contributed by atoms with Gasteiger partial charge in [0.2, 0.25) is 5.13 Å². The van der Waals surface area contributed by atoms with Crippen molar-refractivity contribution in [2.24, 2.45) is 0 Å². The molecule has 0 aliphatic carbocycles. The molecular weight excluding hydrogens is 272 g/mol. The number of pyridine rings is 1. The summed E-state index contributed by atoms with van der Waals surface area (Å²) >= 11 is 1.43. The van der Waals surface area contributed by atoms with Crippen molar-refractivity contribution in [2.75, 3.05) is 11.9 Å². The van der Waals surface area contributed by atoms with E-state index in [0.717, 1.165) is 37.5 Å². The summed E-state index contributed by atoms with van der Waals surface area (Å²) in [6, 6.07) is 3.70. The van der Waals surface area contributed by atoms with Gasteiger partial charge in [0.15, 0.2) is 5.01 Å². The largest absolute Gasteiger partial charge is 0.360 e. The van der Waals surface area contributed by atoms with Crippen LogP contribution in [0.25, 0.3) is 10.6 Å². The Morgan fingerprint density at radius 1 is 1.30 bits per heavy atom. The summed E-state index contributed by atoms with van der Waals surface area (Å²) in [5, 5.41) is 12.9. The lowest BCUT2D eigenvalue weighted by atomic mass is 10.3. The summed E-state index contributed by atoms with van der Waals surface area (Å²) in [4.78, 5) is 12.3. The Kier molecular flexibility index (Phi) is 5.29. The summed E-state index contributed by atoms with van der Waals surface area (Å²) in [7, 11) is 0. The predicted octanol–water partition coefficient (Wildman–Crippen LogP) is 2.99. The molecule has 0 amide bonds. The molecule has 0 aliphatic rings. The van der Waals surface area contributed by atoms with Crippen LogP contribution in [-0.2, 0) is 6.54 Å². The maximum absolute atomic E-state index is 12.3.